The number of carbonyl (C=O) groups is 1. The van der Waals surface area contributed by atoms with Crippen LogP contribution in [0.4, 0.5) is 0 Å². The Balaban J connectivity index is 1.89. The van der Waals surface area contributed by atoms with Crippen molar-refractivity contribution in [2.75, 3.05) is 6.61 Å². The molecule has 0 aromatic heterocycles. The summed E-state index contributed by atoms with van der Waals surface area (Å²) in [4.78, 5) is 11.5. The highest BCUT2D eigenvalue weighted by molar-refractivity contribution is 5.70. The molecule has 0 spiro atoms. The van der Waals surface area contributed by atoms with Gasteiger partial charge < -0.3 is 9.84 Å². The van der Waals surface area contributed by atoms with E-state index in [0.717, 1.165) is 12.8 Å². The summed E-state index contributed by atoms with van der Waals surface area (Å²) in [7, 11) is 0. The average molecular weight is 262 g/mol. The SMILES string of the molecule is CCOC(=O)CC1(O)CCC(c2ccccc2)CC1. The standard InChI is InChI=1S/C16H22O3/c1-2-19-15(17)12-16(18)10-8-14(9-11-16)13-6-4-3-5-7-13/h3-7,14,18H,2,8-12H2,1H3. The Kier molecular flexibility index (Phi) is 4.59. The summed E-state index contributed by atoms with van der Waals surface area (Å²) in [5.74, 6) is 0.215. The second kappa shape index (κ2) is 6.20. The molecule has 0 saturated heterocycles. The molecule has 1 aromatic rings. The van der Waals surface area contributed by atoms with Gasteiger partial charge in [0.05, 0.1) is 18.6 Å². The molecular formula is C16H22O3. The van der Waals surface area contributed by atoms with Crippen LogP contribution >= 0.6 is 0 Å². The number of rotatable bonds is 4. The van der Waals surface area contributed by atoms with E-state index in [4.69, 9.17) is 4.74 Å². The Morgan fingerprint density at radius 2 is 1.95 bits per heavy atom. The minimum absolute atomic E-state index is 0.127. The molecule has 1 aromatic carbocycles. The van der Waals surface area contributed by atoms with Crippen molar-refractivity contribution < 1.29 is 14.6 Å². The fourth-order valence-electron chi connectivity index (χ4n) is 2.87. The van der Waals surface area contributed by atoms with E-state index in [2.05, 4.69) is 24.3 Å². The van der Waals surface area contributed by atoms with E-state index in [1.165, 1.54) is 5.56 Å². The van der Waals surface area contributed by atoms with Gasteiger partial charge in [0.2, 0.25) is 0 Å². The van der Waals surface area contributed by atoms with Crippen LogP contribution in [0.1, 0.15) is 50.5 Å². The van der Waals surface area contributed by atoms with Crippen LogP contribution in [0.5, 0.6) is 0 Å². The molecule has 1 N–H and O–H groups in total. The first-order valence-corrected chi connectivity index (χ1v) is 7.06. The maximum atomic E-state index is 11.5. The molecule has 0 radical (unpaired) electrons. The molecule has 3 nitrogen and oxygen atoms in total. The molecule has 0 amide bonds. The van der Waals surface area contributed by atoms with Crippen LogP contribution in [0.3, 0.4) is 0 Å². The van der Waals surface area contributed by atoms with Gasteiger partial charge in [0.1, 0.15) is 0 Å². The maximum Gasteiger partial charge on any atom is 0.308 e. The largest absolute Gasteiger partial charge is 0.466 e. The van der Waals surface area contributed by atoms with Crippen molar-refractivity contribution in [1.29, 1.82) is 0 Å². The first kappa shape index (κ1) is 14.1. The average Bonchev–Trinajstić information content (AvgIpc) is 2.40. The number of ether oxygens (including phenoxy) is 1. The third-order valence-electron chi connectivity index (χ3n) is 3.97. The first-order valence-electron chi connectivity index (χ1n) is 7.06. The second-order valence-electron chi connectivity index (χ2n) is 5.39. The van der Waals surface area contributed by atoms with Crippen LogP contribution in [0, 0.1) is 0 Å². The quantitative estimate of drug-likeness (QED) is 0.848. The van der Waals surface area contributed by atoms with Crippen LogP contribution < -0.4 is 0 Å². The van der Waals surface area contributed by atoms with E-state index < -0.39 is 5.60 Å². The molecule has 0 atom stereocenters. The van der Waals surface area contributed by atoms with E-state index in [0.29, 0.717) is 25.4 Å². The van der Waals surface area contributed by atoms with Crippen molar-refractivity contribution in [2.45, 2.75) is 50.5 Å². The minimum atomic E-state index is -0.864. The summed E-state index contributed by atoms with van der Waals surface area (Å²) in [6.45, 7) is 2.16. The number of hydrogen-bond donors (Lipinski definition) is 1. The molecule has 0 heterocycles. The highest BCUT2D eigenvalue weighted by atomic mass is 16.5. The third kappa shape index (κ3) is 3.80. The van der Waals surface area contributed by atoms with Gasteiger partial charge in [-0.05, 0) is 44.1 Å². The molecule has 3 heteroatoms. The Bertz CT molecular complexity index is 405. The van der Waals surface area contributed by atoms with Crippen LogP contribution in [0.15, 0.2) is 30.3 Å². The lowest BCUT2D eigenvalue weighted by molar-refractivity contribution is -0.150. The minimum Gasteiger partial charge on any atom is -0.466 e. The molecule has 2 rings (SSSR count). The molecule has 104 valence electrons. The van der Waals surface area contributed by atoms with E-state index in [1.807, 2.05) is 6.07 Å². The van der Waals surface area contributed by atoms with Crippen LogP contribution in [0.2, 0.25) is 0 Å². The van der Waals surface area contributed by atoms with Gasteiger partial charge in [-0.2, -0.15) is 0 Å². The summed E-state index contributed by atoms with van der Waals surface area (Å²) < 4.78 is 4.92. The lowest BCUT2D eigenvalue weighted by Gasteiger charge is -2.35. The Morgan fingerprint density at radius 3 is 2.53 bits per heavy atom. The van der Waals surface area contributed by atoms with Crippen LogP contribution in [-0.4, -0.2) is 23.3 Å². The topological polar surface area (TPSA) is 46.5 Å². The van der Waals surface area contributed by atoms with Gasteiger partial charge in [-0.25, -0.2) is 0 Å². The normalized spacial score (nSPS) is 26.9. The van der Waals surface area contributed by atoms with E-state index in [9.17, 15) is 9.90 Å². The summed E-state index contributed by atoms with van der Waals surface area (Å²) in [6, 6.07) is 10.4. The number of esters is 1. The number of hydrogen-bond acceptors (Lipinski definition) is 3. The fourth-order valence-corrected chi connectivity index (χ4v) is 2.87. The molecule has 0 unspecified atom stereocenters. The lowest BCUT2D eigenvalue weighted by atomic mass is 9.75. The zero-order valence-corrected chi connectivity index (χ0v) is 11.5. The summed E-state index contributed by atoms with van der Waals surface area (Å²) in [5, 5.41) is 10.4. The monoisotopic (exact) mass is 262 g/mol. The first-order chi connectivity index (χ1) is 9.13. The predicted molar refractivity (Wildman–Crippen MR) is 73.9 cm³/mol. The van der Waals surface area contributed by atoms with Crippen molar-refractivity contribution in [1.82, 2.24) is 0 Å². The molecule has 0 bridgehead atoms. The Morgan fingerprint density at radius 1 is 1.32 bits per heavy atom. The van der Waals surface area contributed by atoms with E-state index in [1.54, 1.807) is 6.92 Å². The number of aliphatic hydroxyl groups is 1. The van der Waals surface area contributed by atoms with E-state index >= 15 is 0 Å². The number of benzene rings is 1. The van der Waals surface area contributed by atoms with Crippen molar-refractivity contribution >= 4 is 5.97 Å². The zero-order valence-electron chi connectivity index (χ0n) is 11.5. The fraction of sp³-hybridized carbons (Fsp3) is 0.562. The summed E-state index contributed by atoms with van der Waals surface area (Å²) >= 11 is 0. The highest BCUT2D eigenvalue weighted by Gasteiger charge is 2.35. The highest BCUT2D eigenvalue weighted by Crippen LogP contribution is 2.39. The third-order valence-corrected chi connectivity index (χ3v) is 3.97. The van der Waals surface area contributed by atoms with Gasteiger partial charge in [0.15, 0.2) is 0 Å². The molecule has 1 aliphatic rings. The molecule has 19 heavy (non-hydrogen) atoms. The van der Waals surface area contributed by atoms with Gasteiger partial charge >= 0.3 is 5.97 Å². The van der Waals surface area contributed by atoms with Crippen molar-refractivity contribution in [3.63, 3.8) is 0 Å². The Hall–Kier alpha value is -1.35. The zero-order chi connectivity index (χ0) is 13.7. The Labute approximate surface area is 114 Å². The molecular weight excluding hydrogens is 240 g/mol. The maximum absolute atomic E-state index is 11.5. The summed E-state index contributed by atoms with van der Waals surface area (Å²) in [6.07, 6.45) is 3.33. The van der Waals surface area contributed by atoms with Crippen molar-refractivity contribution in [3.8, 4) is 0 Å². The molecule has 1 fully saturated rings. The summed E-state index contributed by atoms with van der Waals surface area (Å²) in [5.41, 5.74) is 0.470. The smallest absolute Gasteiger partial charge is 0.308 e. The van der Waals surface area contributed by atoms with Crippen molar-refractivity contribution in [3.05, 3.63) is 35.9 Å². The van der Waals surface area contributed by atoms with Crippen molar-refractivity contribution in [2.24, 2.45) is 0 Å². The van der Waals surface area contributed by atoms with E-state index in [-0.39, 0.29) is 12.4 Å². The van der Waals surface area contributed by atoms with Gasteiger partial charge in [-0.1, -0.05) is 30.3 Å². The van der Waals surface area contributed by atoms with Crippen LogP contribution in [-0.2, 0) is 9.53 Å². The van der Waals surface area contributed by atoms with Gasteiger partial charge in [0.25, 0.3) is 0 Å². The van der Waals surface area contributed by atoms with Gasteiger partial charge in [-0.15, -0.1) is 0 Å². The lowest BCUT2D eigenvalue weighted by Crippen LogP contribution is -2.36. The molecule has 0 aliphatic heterocycles. The second-order valence-corrected chi connectivity index (χ2v) is 5.39. The molecule has 1 saturated carbocycles. The van der Waals surface area contributed by atoms with Gasteiger partial charge in [-0.3, -0.25) is 4.79 Å². The van der Waals surface area contributed by atoms with Crippen LogP contribution in [0.25, 0.3) is 0 Å². The number of carbonyl (C=O) groups excluding carboxylic acids is 1. The van der Waals surface area contributed by atoms with Gasteiger partial charge in [0, 0.05) is 0 Å². The molecule has 1 aliphatic carbocycles. The predicted octanol–water partition coefficient (Wildman–Crippen LogP) is 3.03.